The van der Waals surface area contributed by atoms with Gasteiger partial charge in [0.15, 0.2) is 0 Å². The summed E-state index contributed by atoms with van der Waals surface area (Å²) in [6, 6.07) is 2.63. The molecule has 0 fully saturated rings. The van der Waals surface area contributed by atoms with Gasteiger partial charge in [-0.1, -0.05) is 24.9 Å². The van der Waals surface area contributed by atoms with Gasteiger partial charge in [0, 0.05) is 6.20 Å². The zero-order valence-corrected chi connectivity index (χ0v) is 10.0. The van der Waals surface area contributed by atoms with Gasteiger partial charge in [-0.3, -0.25) is 0 Å². The van der Waals surface area contributed by atoms with Crippen LogP contribution in [0, 0.1) is 11.3 Å². The standard InChI is InChI=1S/C11H12ClN3O2/c1-2-3-9(11(16)17)15-10-8(12)4-7(5-13)6-14-10/h4,6,9H,2-3H2,1H3,(H,14,15)(H,16,17). The second-order valence-corrected chi connectivity index (χ2v) is 3.90. The van der Waals surface area contributed by atoms with Crippen LogP contribution in [0.25, 0.3) is 0 Å². The van der Waals surface area contributed by atoms with Gasteiger partial charge in [0.25, 0.3) is 0 Å². The predicted molar refractivity (Wildman–Crippen MR) is 63.9 cm³/mol. The number of halogens is 1. The first kappa shape index (κ1) is 13.3. The Bertz CT molecular complexity index is 457. The summed E-state index contributed by atoms with van der Waals surface area (Å²) in [6.45, 7) is 1.89. The van der Waals surface area contributed by atoms with Crippen LogP contribution in [0.2, 0.25) is 5.02 Å². The largest absolute Gasteiger partial charge is 0.480 e. The third-order valence-corrected chi connectivity index (χ3v) is 2.44. The van der Waals surface area contributed by atoms with Gasteiger partial charge in [-0.15, -0.1) is 0 Å². The van der Waals surface area contributed by atoms with Crippen molar-refractivity contribution in [3.63, 3.8) is 0 Å². The Labute approximate surface area is 104 Å². The number of nitriles is 1. The summed E-state index contributed by atoms with van der Waals surface area (Å²) >= 11 is 5.89. The highest BCUT2D eigenvalue weighted by Crippen LogP contribution is 2.21. The van der Waals surface area contributed by atoms with Crippen molar-refractivity contribution >= 4 is 23.4 Å². The van der Waals surface area contributed by atoms with E-state index < -0.39 is 12.0 Å². The van der Waals surface area contributed by atoms with Gasteiger partial charge >= 0.3 is 5.97 Å². The SMILES string of the molecule is CCCC(Nc1ncc(C#N)cc1Cl)C(=O)O. The van der Waals surface area contributed by atoms with E-state index in [4.69, 9.17) is 22.0 Å². The molecule has 0 spiro atoms. The predicted octanol–water partition coefficient (Wildman–Crippen LogP) is 2.27. The second-order valence-electron chi connectivity index (χ2n) is 3.49. The molecule has 0 amide bonds. The maximum atomic E-state index is 10.9. The van der Waals surface area contributed by atoms with E-state index in [-0.39, 0.29) is 10.8 Å². The minimum atomic E-state index is -0.950. The van der Waals surface area contributed by atoms with Crippen molar-refractivity contribution in [2.45, 2.75) is 25.8 Å². The lowest BCUT2D eigenvalue weighted by Gasteiger charge is -2.14. The summed E-state index contributed by atoms with van der Waals surface area (Å²) in [4.78, 5) is 14.9. The van der Waals surface area contributed by atoms with Crippen molar-refractivity contribution < 1.29 is 9.90 Å². The van der Waals surface area contributed by atoms with Crippen molar-refractivity contribution in [1.82, 2.24) is 4.98 Å². The van der Waals surface area contributed by atoms with E-state index >= 15 is 0 Å². The van der Waals surface area contributed by atoms with E-state index in [9.17, 15) is 4.79 Å². The summed E-state index contributed by atoms with van der Waals surface area (Å²) in [6.07, 6.45) is 2.56. The smallest absolute Gasteiger partial charge is 0.326 e. The molecule has 1 rings (SSSR count). The minimum Gasteiger partial charge on any atom is -0.480 e. The maximum absolute atomic E-state index is 10.9. The van der Waals surface area contributed by atoms with Gasteiger partial charge in [-0.25, -0.2) is 9.78 Å². The fraction of sp³-hybridized carbons (Fsp3) is 0.364. The van der Waals surface area contributed by atoms with Gasteiger partial charge in [0.05, 0.1) is 10.6 Å². The van der Waals surface area contributed by atoms with Crippen LogP contribution in [0.4, 0.5) is 5.82 Å². The zero-order chi connectivity index (χ0) is 12.8. The molecule has 1 aromatic rings. The van der Waals surface area contributed by atoms with E-state index in [0.717, 1.165) is 6.42 Å². The topological polar surface area (TPSA) is 86.0 Å². The highest BCUT2D eigenvalue weighted by atomic mass is 35.5. The highest BCUT2D eigenvalue weighted by Gasteiger charge is 2.17. The Morgan fingerprint density at radius 3 is 2.94 bits per heavy atom. The van der Waals surface area contributed by atoms with Crippen molar-refractivity contribution in [2.24, 2.45) is 0 Å². The first-order valence-electron chi connectivity index (χ1n) is 5.13. The molecule has 1 heterocycles. The second kappa shape index (κ2) is 6.06. The molecule has 0 radical (unpaired) electrons. The van der Waals surface area contributed by atoms with Crippen LogP contribution in [0.3, 0.4) is 0 Å². The molecule has 17 heavy (non-hydrogen) atoms. The lowest BCUT2D eigenvalue weighted by atomic mass is 10.1. The molecule has 0 saturated heterocycles. The number of aliphatic carboxylic acids is 1. The summed E-state index contributed by atoms with van der Waals surface area (Å²) < 4.78 is 0. The maximum Gasteiger partial charge on any atom is 0.326 e. The molecule has 1 atom stereocenters. The molecule has 2 N–H and O–H groups in total. The van der Waals surface area contributed by atoms with Crippen molar-refractivity contribution in [3.8, 4) is 6.07 Å². The molecule has 0 aliphatic rings. The van der Waals surface area contributed by atoms with Crippen LogP contribution in [0.15, 0.2) is 12.3 Å². The Kier molecular flexibility index (Phi) is 4.73. The van der Waals surface area contributed by atoms with Crippen LogP contribution >= 0.6 is 11.6 Å². The van der Waals surface area contributed by atoms with Gasteiger partial charge in [0.2, 0.25) is 0 Å². The third kappa shape index (κ3) is 3.61. The normalized spacial score (nSPS) is 11.6. The van der Waals surface area contributed by atoms with Gasteiger partial charge in [0.1, 0.15) is 17.9 Å². The molecule has 6 heteroatoms. The van der Waals surface area contributed by atoms with Gasteiger partial charge in [-0.05, 0) is 12.5 Å². The van der Waals surface area contributed by atoms with Crippen molar-refractivity contribution in [1.29, 1.82) is 5.26 Å². The Hall–Kier alpha value is -1.80. The van der Waals surface area contributed by atoms with Crippen LogP contribution in [-0.4, -0.2) is 22.1 Å². The monoisotopic (exact) mass is 253 g/mol. The van der Waals surface area contributed by atoms with Gasteiger partial charge in [-0.2, -0.15) is 5.26 Å². The molecular formula is C11H12ClN3O2. The number of hydrogen-bond donors (Lipinski definition) is 2. The number of pyridine rings is 1. The summed E-state index contributed by atoms with van der Waals surface area (Å²) in [5.74, 6) is -0.666. The van der Waals surface area contributed by atoms with Crippen molar-refractivity contribution in [3.05, 3.63) is 22.8 Å². The molecule has 1 aromatic heterocycles. The molecule has 0 bridgehead atoms. The van der Waals surface area contributed by atoms with E-state index in [2.05, 4.69) is 10.3 Å². The molecule has 5 nitrogen and oxygen atoms in total. The number of aromatic nitrogens is 1. The number of carboxylic acid groups (broad SMARTS) is 1. The fourth-order valence-electron chi connectivity index (χ4n) is 1.32. The van der Waals surface area contributed by atoms with E-state index in [1.54, 1.807) is 0 Å². The van der Waals surface area contributed by atoms with E-state index in [0.29, 0.717) is 12.0 Å². The van der Waals surface area contributed by atoms with Crippen molar-refractivity contribution in [2.75, 3.05) is 5.32 Å². The molecule has 0 aromatic carbocycles. The lowest BCUT2D eigenvalue weighted by molar-refractivity contribution is -0.138. The minimum absolute atomic E-state index is 0.242. The zero-order valence-electron chi connectivity index (χ0n) is 9.27. The van der Waals surface area contributed by atoms with Crippen LogP contribution in [-0.2, 0) is 4.79 Å². The van der Waals surface area contributed by atoms with Gasteiger partial charge < -0.3 is 10.4 Å². The quantitative estimate of drug-likeness (QED) is 0.841. The summed E-state index contributed by atoms with van der Waals surface area (Å²) in [5, 5.41) is 20.6. The molecule has 0 saturated carbocycles. The van der Waals surface area contributed by atoms with E-state index in [1.165, 1.54) is 12.3 Å². The molecule has 0 aliphatic heterocycles. The first-order chi connectivity index (χ1) is 8.08. The summed E-state index contributed by atoms with van der Waals surface area (Å²) in [7, 11) is 0. The molecule has 1 unspecified atom stereocenters. The first-order valence-corrected chi connectivity index (χ1v) is 5.51. The third-order valence-electron chi connectivity index (χ3n) is 2.16. The Morgan fingerprint density at radius 1 is 1.76 bits per heavy atom. The number of anilines is 1. The Balaban J connectivity index is 2.87. The number of hydrogen-bond acceptors (Lipinski definition) is 4. The number of rotatable bonds is 5. The van der Waals surface area contributed by atoms with Crippen LogP contribution < -0.4 is 5.32 Å². The fourth-order valence-corrected chi connectivity index (χ4v) is 1.54. The van der Waals surface area contributed by atoms with Crippen LogP contribution in [0.5, 0.6) is 0 Å². The average molecular weight is 254 g/mol. The van der Waals surface area contributed by atoms with Crippen LogP contribution in [0.1, 0.15) is 25.3 Å². The van der Waals surface area contributed by atoms with E-state index in [1.807, 2.05) is 13.0 Å². The molecule has 90 valence electrons. The Morgan fingerprint density at radius 2 is 2.47 bits per heavy atom. The number of nitrogens with zero attached hydrogens (tertiary/aromatic N) is 2. The molecule has 0 aliphatic carbocycles. The number of nitrogens with one attached hydrogen (secondary N) is 1. The number of carbonyl (C=O) groups is 1. The number of carboxylic acids is 1. The highest BCUT2D eigenvalue weighted by molar-refractivity contribution is 6.33. The summed E-state index contributed by atoms with van der Waals surface area (Å²) in [5.41, 5.74) is 0.336. The lowest BCUT2D eigenvalue weighted by Crippen LogP contribution is -2.29. The average Bonchev–Trinajstić information content (AvgIpc) is 2.30. The molecular weight excluding hydrogens is 242 g/mol.